The molecular weight excluding hydrogens is 333 g/mol. The van der Waals surface area contributed by atoms with E-state index >= 15 is 0 Å². The van der Waals surface area contributed by atoms with Crippen LogP contribution in [-0.2, 0) is 0 Å². The summed E-state index contributed by atoms with van der Waals surface area (Å²) in [6, 6.07) is 6.70. The van der Waals surface area contributed by atoms with E-state index in [-0.39, 0.29) is 0 Å². The van der Waals surface area contributed by atoms with Gasteiger partial charge in [-0.05, 0) is 72.4 Å². The van der Waals surface area contributed by atoms with Crippen molar-refractivity contribution in [1.29, 1.82) is 0 Å². The van der Waals surface area contributed by atoms with Crippen LogP contribution < -0.4 is 5.32 Å². The Bertz CT molecular complexity index is 359. The van der Waals surface area contributed by atoms with E-state index in [1.165, 1.54) is 34.9 Å². The molecule has 2 rings (SSSR count). The van der Waals surface area contributed by atoms with Crippen molar-refractivity contribution in [3.8, 4) is 0 Å². The molecule has 1 aliphatic carbocycles. The van der Waals surface area contributed by atoms with Crippen LogP contribution in [0.25, 0.3) is 0 Å². The lowest BCUT2D eigenvalue weighted by Crippen LogP contribution is -2.25. The molecule has 1 aromatic rings. The van der Waals surface area contributed by atoms with Crippen LogP contribution in [0.1, 0.15) is 32.6 Å². The summed E-state index contributed by atoms with van der Waals surface area (Å²) in [4.78, 5) is 0. The van der Waals surface area contributed by atoms with E-state index in [1.54, 1.807) is 0 Å². The molecule has 1 nitrogen and oxygen atoms in total. The number of nitrogens with one attached hydrogen (secondary N) is 1. The molecule has 1 fully saturated rings. The second-order valence-corrected chi connectivity index (χ2v) is 6.32. The number of halogens is 2. The number of benzene rings is 1. The van der Waals surface area contributed by atoms with Gasteiger partial charge in [-0.15, -0.1) is 0 Å². The third kappa shape index (κ3) is 3.27. The van der Waals surface area contributed by atoms with Gasteiger partial charge in [0.15, 0.2) is 0 Å². The first-order valence-corrected chi connectivity index (χ1v) is 7.32. The fourth-order valence-corrected chi connectivity index (χ4v) is 3.26. The quantitative estimate of drug-likeness (QED) is 0.746. The third-order valence-corrected chi connectivity index (χ3v) is 4.43. The summed E-state index contributed by atoms with van der Waals surface area (Å²) in [5, 5.41) is 4.44. The van der Waals surface area contributed by atoms with Gasteiger partial charge in [0, 0.05) is 20.3 Å². The van der Waals surface area contributed by atoms with Crippen LogP contribution in [-0.4, -0.2) is 6.04 Å². The predicted octanol–water partition coefficient (Wildman–Crippen LogP) is 4.94. The SMILES string of the molecule is CC1CCC(Nc2ccc(Cl)cc2I)CC1. The smallest absolute Gasteiger partial charge is 0.0479 e. The van der Waals surface area contributed by atoms with E-state index in [1.807, 2.05) is 12.1 Å². The molecule has 1 N–H and O–H groups in total. The van der Waals surface area contributed by atoms with Crippen molar-refractivity contribution >= 4 is 39.9 Å². The molecule has 0 bridgehead atoms. The Balaban J connectivity index is 1.98. The van der Waals surface area contributed by atoms with Crippen molar-refractivity contribution in [2.45, 2.75) is 38.6 Å². The van der Waals surface area contributed by atoms with Crippen LogP contribution in [0.2, 0.25) is 5.02 Å². The van der Waals surface area contributed by atoms with Gasteiger partial charge in [-0.2, -0.15) is 0 Å². The first-order valence-electron chi connectivity index (χ1n) is 5.87. The van der Waals surface area contributed by atoms with E-state index in [0.717, 1.165) is 10.9 Å². The molecule has 0 heterocycles. The Hall–Kier alpha value is 0.0400. The van der Waals surface area contributed by atoms with Crippen molar-refractivity contribution in [3.63, 3.8) is 0 Å². The zero-order valence-electron chi connectivity index (χ0n) is 9.47. The fourth-order valence-electron chi connectivity index (χ4n) is 2.23. The predicted molar refractivity (Wildman–Crippen MR) is 79.2 cm³/mol. The van der Waals surface area contributed by atoms with Crippen molar-refractivity contribution in [1.82, 2.24) is 0 Å². The minimum absolute atomic E-state index is 0.644. The second kappa shape index (κ2) is 5.58. The highest BCUT2D eigenvalue weighted by Gasteiger charge is 2.18. The van der Waals surface area contributed by atoms with Crippen LogP contribution in [0, 0.1) is 9.49 Å². The third-order valence-electron chi connectivity index (χ3n) is 3.31. The Labute approximate surface area is 116 Å². The molecule has 1 aliphatic rings. The highest BCUT2D eigenvalue weighted by molar-refractivity contribution is 14.1. The molecule has 0 amide bonds. The maximum atomic E-state index is 5.95. The van der Waals surface area contributed by atoms with Gasteiger partial charge in [0.05, 0.1) is 0 Å². The topological polar surface area (TPSA) is 12.0 Å². The monoisotopic (exact) mass is 349 g/mol. The van der Waals surface area contributed by atoms with E-state index in [9.17, 15) is 0 Å². The van der Waals surface area contributed by atoms with Gasteiger partial charge in [0.25, 0.3) is 0 Å². The standard InChI is InChI=1S/C13H17ClIN/c1-9-2-5-11(6-3-9)16-13-7-4-10(14)8-12(13)15/h4,7-9,11,16H,2-3,5-6H2,1H3. The fraction of sp³-hybridized carbons (Fsp3) is 0.538. The normalized spacial score (nSPS) is 25.4. The second-order valence-electron chi connectivity index (χ2n) is 4.73. The first-order chi connectivity index (χ1) is 7.65. The maximum Gasteiger partial charge on any atom is 0.0479 e. The Morgan fingerprint density at radius 1 is 1.25 bits per heavy atom. The Morgan fingerprint density at radius 2 is 1.94 bits per heavy atom. The van der Waals surface area contributed by atoms with E-state index in [0.29, 0.717) is 6.04 Å². The summed E-state index contributed by atoms with van der Waals surface area (Å²) >= 11 is 8.29. The van der Waals surface area contributed by atoms with E-state index in [4.69, 9.17) is 11.6 Å². The molecule has 1 saturated carbocycles. The van der Waals surface area contributed by atoms with Crippen LogP contribution in [0.5, 0.6) is 0 Å². The highest BCUT2D eigenvalue weighted by atomic mass is 127. The summed E-state index contributed by atoms with van der Waals surface area (Å²) < 4.78 is 1.21. The van der Waals surface area contributed by atoms with Gasteiger partial charge in [0.2, 0.25) is 0 Å². The molecule has 3 heteroatoms. The van der Waals surface area contributed by atoms with E-state index < -0.39 is 0 Å². The zero-order valence-corrected chi connectivity index (χ0v) is 12.4. The van der Waals surface area contributed by atoms with Gasteiger partial charge < -0.3 is 5.32 Å². The van der Waals surface area contributed by atoms with Crippen LogP contribution in [0.3, 0.4) is 0 Å². The molecule has 0 aliphatic heterocycles. The number of hydrogen-bond acceptors (Lipinski definition) is 1. The lowest BCUT2D eigenvalue weighted by atomic mass is 9.87. The molecule has 0 aromatic heterocycles. The number of rotatable bonds is 2. The Kier molecular flexibility index (Phi) is 4.36. The minimum atomic E-state index is 0.644. The molecular formula is C13H17ClIN. The summed E-state index contributed by atoms with van der Waals surface area (Å²) in [6.07, 6.45) is 5.28. The average molecular weight is 350 g/mol. The first kappa shape index (κ1) is 12.5. The van der Waals surface area contributed by atoms with Gasteiger partial charge in [-0.1, -0.05) is 18.5 Å². The zero-order chi connectivity index (χ0) is 11.5. The average Bonchev–Trinajstić information content (AvgIpc) is 2.25. The summed E-state index contributed by atoms with van der Waals surface area (Å²) in [5.41, 5.74) is 1.23. The molecule has 0 radical (unpaired) electrons. The molecule has 0 saturated heterocycles. The van der Waals surface area contributed by atoms with Crippen LogP contribution in [0.15, 0.2) is 18.2 Å². The minimum Gasteiger partial charge on any atom is -0.381 e. The lowest BCUT2D eigenvalue weighted by Gasteiger charge is -2.28. The van der Waals surface area contributed by atoms with Crippen LogP contribution in [0.4, 0.5) is 5.69 Å². The molecule has 16 heavy (non-hydrogen) atoms. The number of hydrogen-bond donors (Lipinski definition) is 1. The van der Waals surface area contributed by atoms with Gasteiger partial charge >= 0.3 is 0 Å². The Morgan fingerprint density at radius 3 is 2.56 bits per heavy atom. The maximum absolute atomic E-state index is 5.95. The summed E-state index contributed by atoms with van der Waals surface area (Å²) in [7, 11) is 0. The lowest BCUT2D eigenvalue weighted by molar-refractivity contribution is 0.361. The van der Waals surface area contributed by atoms with E-state index in [2.05, 4.69) is 40.9 Å². The van der Waals surface area contributed by atoms with Gasteiger partial charge in [0.1, 0.15) is 0 Å². The van der Waals surface area contributed by atoms with Crippen LogP contribution >= 0.6 is 34.2 Å². The van der Waals surface area contributed by atoms with Gasteiger partial charge in [-0.25, -0.2) is 0 Å². The van der Waals surface area contributed by atoms with Crippen molar-refractivity contribution in [2.24, 2.45) is 5.92 Å². The number of anilines is 1. The summed E-state index contributed by atoms with van der Waals surface area (Å²) in [6.45, 7) is 2.35. The molecule has 0 spiro atoms. The molecule has 0 unspecified atom stereocenters. The highest BCUT2D eigenvalue weighted by Crippen LogP contribution is 2.28. The molecule has 88 valence electrons. The molecule has 0 atom stereocenters. The van der Waals surface area contributed by atoms with Crippen molar-refractivity contribution < 1.29 is 0 Å². The van der Waals surface area contributed by atoms with Crippen molar-refractivity contribution in [3.05, 3.63) is 26.8 Å². The molecule has 1 aromatic carbocycles. The van der Waals surface area contributed by atoms with Crippen molar-refractivity contribution in [2.75, 3.05) is 5.32 Å². The largest absolute Gasteiger partial charge is 0.381 e. The van der Waals surface area contributed by atoms with Gasteiger partial charge in [-0.3, -0.25) is 0 Å². The summed E-state index contributed by atoms with van der Waals surface area (Å²) in [5.74, 6) is 0.905.